The van der Waals surface area contributed by atoms with Crippen LogP contribution in [0.25, 0.3) is 0 Å². The predicted molar refractivity (Wildman–Crippen MR) is 46.8 cm³/mol. The third kappa shape index (κ3) is 3.53. The SMILES string of the molecule is COc1nc(OCC(F)(F)F)ccc1N. The summed E-state index contributed by atoms with van der Waals surface area (Å²) in [4.78, 5) is 3.62. The van der Waals surface area contributed by atoms with E-state index >= 15 is 0 Å². The van der Waals surface area contributed by atoms with Gasteiger partial charge in [0.25, 0.3) is 0 Å². The first-order chi connectivity index (χ1) is 6.92. The van der Waals surface area contributed by atoms with E-state index in [1.807, 2.05) is 0 Å². The number of nitrogens with zero attached hydrogens (tertiary/aromatic N) is 1. The van der Waals surface area contributed by atoms with E-state index in [1.54, 1.807) is 0 Å². The minimum absolute atomic E-state index is 0.0367. The molecule has 0 saturated heterocycles. The zero-order valence-electron chi connectivity index (χ0n) is 7.84. The molecule has 84 valence electrons. The number of alkyl halides is 3. The lowest BCUT2D eigenvalue weighted by Crippen LogP contribution is -2.19. The number of aromatic nitrogens is 1. The summed E-state index contributed by atoms with van der Waals surface area (Å²) in [5.74, 6) is -0.145. The molecule has 2 N–H and O–H groups in total. The van der Waals surface area contributed by atoms with Crippen molar-refractivity contribution in [2.24, 2.45) is 0 Å². The first-order valence-corrected chi connectivity index (χ1v) is 3.92. The molecule has 0 amide bonds. The Balaban J connectivity index is 2.70. The van der Waals surface area contributed by atoms with Crippen molar-refractivity contribution in [1.82, 2.24) is 4.98 Å². The number of pyridine rings is 1. The van der Waals surface area contributed by atoms with E-state index in [2.05, 4.69) is 9.72 Å². The fraction of sp³-hybridized carbons (Fsp3) is 0.375. The van der Waals surface area contributed by atoms with Gasteiger partial charge in [-0.3, -0.25) is 0 Å². The summed E-state index contributed by atoms with van der Waals surface area (Å²) in [5.41, 5.74) is 5.65. The number of nitrogen functional groups attached to an aromatic ring is 1. The summed E-state index contributed by atoms with van der Waals surface area (Å²) < 4.78 is 44.5. The van der Waals surface area contributed by atoms with Crippen LogP contribution in [0.15, 0.2) is 12.1 Å². The van der Waals surface area contributed by atoms with Crippen molar-refractivity contribution < 1.29 is 22.6 Å². The van der Waals surface area contributed by atoms with Crippen molar-refractivity contribution >= 4 is 5.69 Å². The molecule has 7 heteroatoms. The molecule has 0 aliphatic rings. The Bertz CT molecular complexity index is 341. The van der Waals surface area contributed by atoms with Crippen molar-refractivity contribution in [2.45, 2.75) is 6.18 Å². The van der Waals surface area contributed by atoms with Gasteiger partial charge in [-0.1, -0.05) is 0 Å². The highest BCUT2D eigenvalue weighted by molar-refractivity contribution is 5.49. The molecule has 0 saturated carbocycles. The van der Waals surface area contributed by atoms with E-state index in [0.717, 1.165) is 0 Å². The van der Waals surface area contributed by atoms with Crippen molar-refractivity contribution in [1.29, 1.82) is 0 Å². The molecule has 0 aliphatic heterocycles. The molecule has 0 radical (unpaired) electrons. The Kier molecular flexibility index (Phi) is 3.23. The summed E-state index contributed by atoms with van der Waals surface area (Å²) >= 11 is 0. The molecule has 0 fully saturated rings. The average molecular weight is 222 g/mol. The van der Waals surface area contributed by atoms with Crippen LogP contribution in [-0.4, -0.2) is 24.9 Å². The van der Waals surface area contributed by atoms with Gasteiger partial charge in [0.1, 0.15) is 0 Å². The van der Waals surface area contributed by atoms with Crippen molar-refractivity contribution in [2.75, 3.05) is 19.5 Å². The topological polar surface area (TPSA) is 57.4 Å². The van der Waals surface area contributed by atoms with Crippen LogP contribution < -0.4 is 15.2 Å². The number of anilines is 1. The van der Waals surface area contributed by atoms with Crippen LogP contribution in [0, 0.1) is 0 Å². The number of ether oxygens (including phenoxy) is 2. The largest absolute Gasteiger partial charge is 0.479 e. The minimum Gasteiger partial charge on any atom is -0.479 e. The van der Waals surface area contributed by atoms with Gasteiger partial charge in [0, 0.05) is 6.07 Å². The van der Waals surface area contributed by atoms with Crippen LogP contribution >= 0.6 is 0 Å². The second-order valence-corrected chi connectivity index (χ2v) is 2.65. The van der Waals surface area contributed by atoms with Gasteiger partial charge >= 0.3 is 6.18 Å². The number of rotatable bonds is 3. The monoisotopic (exact) mass is 222 g/mol. The molecule has 15 heavy (non-hydrogen) atoms. The van der Waals surface area contributed by atoms with Crippen molar-refractivity contribution in [3.05, 3.63) is 12.1 Å². The van der Waals surface area contributed by atoms with Crippen LogP contribution in [0.2, 0.25) is 0 Å². The van der Waals surface area contributed by atoms with E-state index < -0.39 is 12.8 Å². The number of hydrogen-bond acceptors (Lipinski definition) is 4. The van der Waals surface area contributed by atoms with E-state index in [4.69, 9.17) is 10.5 Å². The second kappa shape index (κ2) is 4.24. The van der Waals surface area contributed by atoms with Gasteiger partial charge in [0.2, 0.25) is 11.8 Å². The fourth-order valence-electron chi connectivity index (χ4n) is 0.834. The summed E-state index contributed by atoms with van der Waals surface area (Å²) in [6.45, 7) is -1.40. The number of halogens is 3. The Labute approximate surface area is 83.8 Å². The van der Waals surface area contributed by atoms with Gasteiger partial charge in [-0.15, -0.1) is 0 Å². The minimum atomic E-state index is -4.39. The van der Waals surface area contributed by atoms with Crippen molar-refractivity contribution in [3.8, 4) is 11.8 Å². The van der Waals surface area contributed by atoms with Crippen LogP contribution in [-0.2, 0) is 0 Å². The molecule has 1 aromatic heterocycles. The standard InChI is InChI=1S/C8H9F3N2O2/c1-14-7-5(12)2-3-6(13-7)15-4-8(9,10)11/h2-3H,4,12H2,1H3. The lowest BCUT2D eigenvalue weighted by Gasteiger charge is -2.09. The third-order valence-electron chi connectivity index (χ3n) is 1.44. The van der Waals surface area contributed by atoms with E-state index in [-0.39, 0.29) is 17.4 Å². The smallest absolute Gasteiger partial charge is 0.422 e. The van der Waals surface area contributed by atoms with Gasteiger partial charge < -0.3 is 15.2 Å². The molecule has 0 aromatic carbocycles. The summed E-state index contributed by atoms with van der Waals surface area (Å²) in [6, 6.07) is 2.60. The number of methoxy groups -OCH3 is 1. The predicted octanol–water partition coefficient (Wildman–Crippen LogP) is 1.61. The number of hydrogen-bond donors (Lipinski definition) is 1. The number of nitrogens with two attached hydrogens (primary N) is 1. The Morgan fingerprint density at radius 2 is 2.07 bits per heavy atom. The molecule has 1 aromatic rings. The summed E-state index contributed by atoms with van der Waals surface area (Å²) in [7, 11) is 1.31. The zero-order valence-corrected chi connectivity index (χ0v) is 7.84. The van der Waals surface area contributed by atoms with Crippen LogP contribution in [0.5, 0.6) is 11.8 Å². The lowest BCUT2D eigenvalue weighted by molar-refractivity contribution is -0.154. The molecular weight excluding hydrogens is 213 g/mol. The molecule has 4 nitrogen and oxygen atoms in total. The molecule has 1 heterocycles. The third-order valence-corrected chi connectivity index (χ3v) is 1.44. The van der Waals surface area contributed by atoms with Crippen LogP contribution in [0.3, 0.4) is 0 Å². The first kappa shape index (κ1) is 11.4. The highest BCUT2D eigenvalue weighted by Gasteiger charge is 2.28. The van der Waals surface area contributed by atoms with Gasteiger partial charge in [-0.25, -0.2) is 0 Å². The van der Waals surface area contributed by atoms with E-state index in [9.17, 15) is 13.2 Å². The molecule has 0 bridgehead atoms. The normalized spacial score (nSPS) is 11.2. The lowest BCUT2D eigenvalue weighted by atomic mass is 10.4. The Morgan fingerprint density at radius 1 is 1.40 bits per heavy atom. The van der Waals surface area contributed by atoms with Crippen LogP contribution in [0.4, 0.5) is 18.9 Å². The molecular formula is C8H9F3N2O2. The highest BCUT2D eigenvalue weighted by Crippen LogP contribution is 2.23. The summed E-state index contributed by atoms with van der Waals surface area (Å²) in [5, 5.41) is 0. The molecule has 0 atom stereocenters. The highest BCUT2D eigenvalue weighted by atomic mass is 19.4. The summed E-state index contributed by atoms with van der Waals surface area (Å²) in [6.07, 6.45) is -4.39. The van der Waals surface area contributed by atoms with Crippen LogP contribution in [0.1, 0.15) is 0 Å². The van der Waals surface area contributed by atoms with Gasteiger partial charge in [0.15, 0.2) is 6.61 Å². The van der Waals surface area contributed by atoms with Gasteiger partial charge in [-0.2, -0.15) is 18.2 Å². The van der Waals surface area contributed by atoms with Crippen molar-refractivity contribution in [3.63, 3.8) is 0 Å². The molecule has 0 unspecified atom stereocenters. The second-order valence-electron chi connectivity index (χ2n) is 2.65. The molecule has 0 aliphatic carbocycles. The first-order valence-electron chi connectivity index (χ1n) is 3.92. The maximum atomic E-state index is 11.8. The maximum Gasteiger partial charge on any atom is 0.422 e. The molecule has 1 rings (SSSR count). The van der Waals surface area contributed by atoms with Gasteiger partial charge in [0.05, 0.1) is 12.8 Å². The average Bonchev–Trinajstić information content (AvgIpc) is 2.15. The molecule has 0 spiro atoms. The van der Waals surface area contributed by atoms with E-state index in [1.165, 1.54) is 19.2 Å². The fourth-order valence-corrected chi connectivity index (χ4v) is 0.834. The maximum absolute atomic E-state index is 11.8. The Morgan fingerprint density at radius 3 is 2.60 bits per heavy atom. The van der Waals surface area contributed by atoms with Gasteiger partial charge in [-0.05, 0) is 6.07 Å². The Hall–Kier alpha value is -1.66. The zero-order chi connectivity index (χ0) is 11.5. The van der Waals surface area contributed by atoms with E-state index in [0.29, 0.717) is 0 Å². The quantitative estimate of drug-likeness (QED) is 0.844.